The van der Waals surface area contributed by atoms with Crippen LogP contribution in [0.5, 0.6) is 0 Å². The fraction of sp³-hybridized carbons (Fsp3) is 0.176. The second-order valence-corrected chi connectivity index (χ2v) is 5.69. The minimum atomic E-state index is -1.87. The lowest BCUT2D eigenvalue weighted by Gasteiger charge is -2.16. The van der Waals surface area contributed by atoms with E-state index in [-0.39, 0.29) is 22.8 Å². The van der Waals surface area contributed by atoms with Gasteiger partial charge >= 0.3 is 5.97 Å². The molecule has 0 aliphatic heterocycles. The number of carbonyl (C=O) groups is 2. The number of amides is 1. The van der Waals surface area contributed by atoms with Gasteiger partial charge in [-0.2, -0.15) is 5.26 Å². The molecule has 0 spiro atoms. The molecular weight excluding hydrogens is 329 g/mol. The molecular formula is C17H12FN3O4. The number of carboxylic acids is 1. The number of hydrogen-bond acceptors (Lipinski definition) is 4. The number of hydrogen-bond donors (Lipinski definition) is 1. The molecule has 25 heavy (non-hydrogen) atoms. The Morgan fingerprint density at radius 2 is 1.96 bits per heavy atom. The molecule has 8 heteroatoms. The SMILES string of the molecule is N#CC1(C(=O)N(F)c2ccc(-n3ccccc3=O)cc2)CC1C(=O)O. The number of rotatable bonds is 4. The minimum absolute atomic E-state index is 0.150. The van der Waals surface area contributed by atoms with E-state index in [1.54, 1.807) is 24.4 Å². The highest BCUT2D eigenvalue weighted by atomic mass is 19.2. The van der Waals surface area contributed by atoms with Gasteiger partial charge in [-0.25, -0.2) is 0 Å². The molecule has 1 saturated carbocycles. The van der Waals surface area contributed by atoms with Crippen molar-refractivity contribution < 1.29 is 19.2 Å². The maximum Gasteiger partial charge on any atom is 0.308 e. The Bertz CT molecular complexity index is 947. The molecule has 1 aromatic heterocycles. The summed E-state index contributed by atoms with van der Waals surface area (Å²) in [6.45, 7) is 0. The molecule has 1 aliphatic carbocycles. The van der Waals surface area contributed by atoms with Gasteiger partial charge in [-0.3, -0.25) is 19.0 Å². The molecule has 1 N–H and O–H groups in total. The molecule has 0 bridgehead atoms. The molecule has 1 fully saturated rings. The van der Waals surface area contributed by atoms with Crippen molar-refractivity contribution in [1.82, 2.24) is 4.57 Å². The predicted molar refractivity (Wildman–Crippen MR) is 84.4 cm³/mol. The van der Waals surface area contributed by atoms with Crippen LogP contribution in [0.25, 0.3) is 5.69 Å². The van der Waals surface area contributed by atoms with Crippen LogP contribution in [0.3, 0.4) is 0 Å². The fourth-order valence-electron chi connectivity index (χ4n) is 2.65. The van der Waals surface area contributed by atoms with E-state index in [2.05, 4.69) is 0 Å². The zero-order valence-electron chi connectivity index (χ0n) is 12.8. The molecule has 1 heterocycles. The van der Waals surface area contributed by atoms with Crippen LogP contribution in [0.2, 0.25) is 0 Å². The summed E-state index contributed by atoms with van der Waals surface area (Å²) < 4.78 is 15.7. The van der Waals surface area contributed by atoms with Gasteiger partial charge in [0.25, 0.3) is 11.5 Å². The summed E-state index contributed by atoms with van der Waals surface area (Å²) >= 11 is 0. The summed E-state index contributed by atoms with van der Waals surface area (Å²) in [6, 6.07) is 11.7. The fourth-order valence-corrected chi connectivity index (χ4v) is 2.65. The Morgan fingerprint density at radius 3 is 2.48 bits per heavy atom. The van der Waals surface area contributed by atoms with Gasteiger partial charge in [0.2, 0.25) is 0 Å². The molecule has 2 atom stereocenters. The van der Waals surface area contributed by atoms with E-state index < -0.39 is 23.2 Å². The third-order valence-electron chi connectivity index (χ3n) is 4.20. The summed E-state index contributed by atoms with van der Waals surface area (Å²) in [7, 11) is 0. The molecule has 3 rings (SSSR count). The van der Waals surface area contributed by atoms with Gasteiger partial charge in [-0.1, -0.05) is 10.5 Å². The van der Waals surface area contributed by atoms with Gasteiger partial charge in [0.15, 0.2) is 5.41 Å². The number of carboxylic acid groups (broad SMARTS) is 1. The summed E-state index contributed by atoms with van der Waals surface area (Å²) in [4.78, 5) is 34.9. The molecule has 0 radical (unpaired) electrons. The Morgan fingerprint density at radius 1 is 1.28 bits per heavy atom. The van der Waals surface area contributed by atoms with Crippen LogP contribution < -0.4 is 10.7 Å². The number of anilines is 1. The highest BCUT2D eigenvalue weighted by Crippen LogP contribution is 2.54. The molecule has 126 valence electrons. The average molecular weight is 341 g/mol. The van der Waals surface area contributed by atoms with Crippen LogP contribution in [-0.2, 0) is 9.59 Å². The smallest absolute Gasteiger partial charge is 0.308 e. The van der Waals surface area contributed by atoms with Gasteiger partial charge in [0.1, 0.15) is 0 Å². The number of pyridine rings is 1. The quantitative estimate of drug-likeness (QED) is 0.852. The summed E-state index contributed by atoms with van der Waals surface area (Å²) in [5.41, 5.74) is -1.81. The molecule has 2 aromatic rings. The number of halogens is 1. The summed E-state index contributed by atoms with van der Waals surface area (Å²) in [6.07, 6.45) is 1.33. The molecule has 0 saturated heterocycles. The van der Waals surface area contributed by atoms with Gasteiger partial charge < -0.3 is 5.11 Å². The van der Waals surface area contributed by atoms with E-state index in [4.69, 9.17) is 10.4 Å². The average Bonchev–Trinajstić information content (AvgIpc) is 3.38. The maximum absolute atomic E-state index is 14.4. The van der Waals surface area contributed by atoms with Crippen LogP contribution in [0, 0.1) is 22.7 Å². The van der Waals surface area contributed by atoms with Crippen molar-refractivity contribution >= 4 is 17.6 Å². The van der Waals surface area contributed by atoms with Gasteiger partial charge in [0, 0.05) is 18.0 Å². The monoisotopic (exact) mass is 341 g/mol. The molecule has 1 amide bonds. The van der Waals surface area contributed by atoms with Crippen LogP contribution in [0.4, 0.5) is 10.2 Å². The van der Waals surface area contributed by atoms with Crippen molar-refractivity contribution in [3.8, 4) is 11.8 Å². The Balaban J connectivity index is 1.85. The Labute approximate surface area is 141 Å². The molecule has 7 nitrogen and oxygen atoms in total. The van der Waals surface area contributed by atoms with Crippen molar-refractivity contribution in [3.05, 3.63) is 59.0 Å². The number of aliphatic carboxylic acids is 1. The van der Waals surface area contributed by atoms with Crippen molar-refractivity contribution in [1.29, 1.82) is 5.26 Å². The van der Waals surface area contributed by atoms with Gasteiger partial charge in [-0.05, 0) is 36.8 Å². The molecule has 2 unspecified atom stereocenters. The normalized spacial score (nSPS) is 21.2. The highest BCUT2D eigenvalue weighted by molar-refractivity contribution is 6.03. The number of carbonyl (C=O) groups excluding carboxylic acids is 1. The number of benzene rings is 1. The zero-order valence-corrected chi connectivity index (χ0v) is 12.8. The van der Waals surface area contributed by atoms with Crippen LogP contribution in [-0.4, -0.2) is 21.6 Å². The van der Waals surface area contributed by atoms with E-state index in [0.29, 0.717) is 5.69 Å². The van der Waals surface area contributed by atoms with Gasteiger partial charge in [-0.15, -0.1) is 5.12 Å². The van der Waals surface area contributed by atoms with Crippen LogP contribution in [0.15, 0.2) is 53.5 Å². The highest BCUT2D eigenvalue weighted by Gasteiger charge is 2.66. The van der Waals surface area contributed by atoms with Crippen LogP contribution >= 0.6 is 0 Å². The predicted octanol–water partition coefficient (Wildman–Crippen LogP) is 1.67. The molecule has 1 aromatic carbocycles. The first-order valence-electron chi connectivity index (χ1n) is 7.33. The van der Waals surface area contributed by atoms with Crippen molar-refractivity contribution in [2.24, 2.45) is 11.3 Å². The maximum atomic E-state index is 14.4. The first-order chi connectivity index (χ1) is 11.9. The topological polar surface area (TPSA) is 103 Å². The Kier molecular flexibility index (Phi) is 3.85. The van der Waals surface area contributed by atoms with Crippen molar-refractivity contribution in [2.75, 3.05) is 5.12 Å². The van der Waals surface area contributed by atoms with Crippen molar-refractivity contribution in [2.45, 2.75) is 6.42 Å². The van der Waals surface area contributed by atoms with Gasteiger partial charge in [0.05, 0.1) is 17.7 Å². The summed E-state index contributed by atoms with van der Waals surface area (Å²) in [5.74, 6) is -3.71. The van der Waals surface area contributed by atoms with E-state index in [1.807, 2.05) is 0 Å². The lowest BCUT2D eigenvalue weighted by Crippen LogP contribution is -2.32. The van der Waals surface area contributed by atoms with E-state index >= 15 is 0 Å². The third kappa shape index (κ3) is 2.65. The standard InChI is InChI=1S/C17H12FN3O4/c18-21(16(25)17(10-19)9-13(17)15(23)24)12-6-4-11(5-7-12)20-8-2-1-3-14(20)22/h1-8,13H,9H2,(H,23,24). The first kappa shape index (κ1) is 16.4. The first-order valence-corrected chi connectivity index (χ1v) is 7.33. The van der Waals surface area contributed by atoms with E-state index in [0.717, 1.165) is 0 Å². The third-order valence-corrected chi connectivity index (χ3v) is 4.20. The summed E-state index contributed by atoms with van der Waals surface area (Å²) in [5, 5.41) is 17.8. The second kappa shape index (κ2) is 5.87. The number of nitrogens with zero attached hydrogens (tertiary/aromatic N) is 3. The van der Waals surface area contributed by atoms with E-state index in [9.17, 15) is 18.9 Å². The van der Waals surface area contributed by atoms with Crippen LogP contribution in [0.1, 0.15) is 6.42 Å². The zero-order chi connectivity index (χ0) is 18.2. The van der Waals surface area contributed by atoms with Crippen molar-refractivity contribution in [3.63, 3.8) is 0 Å². The largest absolute Gasteiger partial charge is 0.481 e. The Hall–Kier alpha value is -3.47. The molecule has 1 aliphatic rings. The minimum Gasteiger partial charge on any atom is -0.481 e. The lowest BCUT2D eigenvalue weighted by atomic mass is 10.0. The second-order valence-electron chi connectivity index (χ2n) is 5.69. The van der Waals surface area contributed by atoms with E-state index in [1.165, 1.54) is 34.9 Å². The lowest BCUT2D eigenvalue weighted by molar-refractivity contribution is -0.141. The number of aromatic nitrogens is 1. The number of nitriles is 1.